The van der Waals surface area contributed by atoms with Crippen LogP contribution in [0.2, 0.25) is 0 Å². The number of aliphatic hydroxyl groups is 1. The van der Waals surface area contributed by atoms with E-state index in [0.717, 1.165) is 38.4 Å². The molecule has 0 bridgehead atoms. The van der Waals surface area contributed by atoms with Crippen molar-refractivity contribution in [3.05, 3.63) is 30.1 Å². The monoisotopic (exact) mass is 263 g/mol. The zero-order valence-corrected chi connectivity index (χ0v) is 11.2. The summed E-state index contributed by atoms with van der Waals surface area (Å²) in [5, 5.41) is 8.73. The molecule has 1 N–H and O–H groups in total. The van der Waals surface area contributed by atoms with E-state index >= 15 is 0 Å². The standard InChI is InChI=1S/C14H21N3O2/c18-11-3-5-14(19)17-9-7-16(8-10-17)12-13-4-1-2-6-15-13/h1-2,4,6,18H,3,5,7-12H2. The van der Waals surface area contributed by atoms with E-state index in [9.17, 15) is 4.79 Å². The first-order chi connectivity index (χ1) is 9.29. The quantitative estimate of drug-likeness (QED) is 0.840. The Hall–Kier alpha value is -1.46. The molecule has 0 atom stereocenters. The highest BCUT2D eigenvalue weighted by Crippen LogP contribution is 2.08. The van der Waals surface area contributed by atoms with E-state index in [1.54, 1.807) is 0 Å². The summed E-state index contributed by atoms with van der Waals surface area (Å²) in [4.78, 5) is 20.3. The molecule has 5 heteroatoms. The largest absolute Gasteiger partial charge is 0.396 e. The predicted molar refractivity (Wildman–Crippen MR) is 72.4 cm³/mol. The molecule has 0 radical (unpaired) electrons. The lowest BCUT2D eigenvalue weighted by Crippen LogP contribution is -2.48. The van der Waals surface area contributed by atoms with Gasteiger partial charge in [0.15, 0.2) is 0 Å². The first-order valence-electron chi connectivity index (χ1n) is 6.80. The summed E-state index contributed by atoms with van der Waals surface area (Å²) in [6.07, 6.45) is 2.83. The molecule has 1 saturated heterocycles. The number of nitrogens with zero attached hydrogens (tertiary/aromatic N) is 3. The fraction of sp³-hybridized carbons (Fsp3) is 0.571. The first-order valence-corrected chi connectivity index (χ1v) is 6.80. The molecule has 0 spiro atoms. The van der Waals surface area contributed by atoms with Gasteiger partial charge in [0.1, 0.15) is 0 Å². The van der Waals surface area contributed by atoms with Crippen LogP contribution in [0.15, 0.2) is 24.4 Å². The molecule has 5 nitrogen and oxygen atoms in total. The van der Waals surface area contributed by atoms with Gasteiger partial charge >= 0.3 is 0 Å². The van der Waals surface area contributed by atoms with Gasteiger partial charge in [-0.15, -0.1) is 0 Å². The first kappa shape index (κ1) is 14.0. The Bertz CT molecular complexity index is 389. The minimum atomic E-state index is 0.0887. The van der Waals surface area contributed by atoms with Crippen LogP contribution in [0.3, 0.4) is 0 Å². The zero-order chi connectivity index (χ0) is 13.5. The van der Waals surface area contributed by atoms with E-state index in [-0.39, 0.29) is 12.5 Å². The number of piperazine rings is 1. The van der Waals surface area contributed by atoms with E-state index < -0.39 is 0 Å². The molecule has 1 aliphatic rings. The van der Waals surface area contributed by atoms with Crippen LogP contribution in [0.1, 0.15) is 18.5 Å². The molecule has 0 saturated carbocycles. The van der Waals surface area contributed by atoms with Gasteiger partial charge in [0.05, 0.1) is 5.69 Å². The summed E-state index contributed by atoms with van der Waals surface area (Å²) in [6.45, 7) is 4.27. The summed E-state index contributed by atoms with van der Waals surface area (Å²) < 4.78 is 0. The number of aliphatic hydroxyl groups excluding tert-OH is 1. The average molecular weight is 263 g/mol. The Morgan fingerprint density at radius 3 is 2.68 bits per heavy atom. The topological polar surface area (TPSA) is 56.7 Å². The van der Waals surface area contributed by atoms with Crippen molar-refractivity contribution in [1.82, 2.24) is 14.8 Å². The zero-order valence-electron chi connectivity index (χ0n) is 11.2. The van der Waals surface area contributed by atoms with E-state index in [2.05, 4.69) is 9.88 Å². The number of amides is 1. The Kier molecular flexibility index (Phi) is 5.30. The Morgan fingerprint density at radius 2 is 2.05 bits per heavy atom. The Labute approximate surface area is 113 Å². The summed E-state index contributed by atoms with van der Waals surface area (Å²) >= 11 is 0. The third-order valence-electron chi connectivity index (χ3n) is 3.39. The molecule has 2 rings (SSSR count). The smallest absolute Gasteiger partial charge is 0.222 e. The maximum Gasteiger partial charge on any atom is 0.222 e. The van der Waals surface area contributed by atoms with Gasteiger partial charge in [0, 0.05) is 51.9 Å². The van der Waals surface area contributed by atoms with Crippen molar-refractivity contribution < 1.29 is 9.90 Å². The molecule has 1 fully saturated rings. The van der Waals surface area contributed by atoms with Crippen molar-refractivity contribution in [2.75, 3.05) is 32.8 Å². The molecule has 2 heterocycles. The van der Waals surface area contributed by atoms with Gasteiger partial charge in [-0.25, -0.2) is 0 Å². The maximum absolute atomic E-state index is 11.8. The molecule has 0 aromatic carbocycles. The van der Waals surface area contributed by atoms with E-state index in [1.807, 2.05) is 29.3 Å². The molecule has 0 aliphatic carbocycles. The van der Waals surface area contributed by atoms with Crippen LogP contribution in [-0.2, 0) is 11.3 Å². The molecule has 0 unspecified atom stereocenters. The molecule has 1 amide bonds. The van der Waals surface area contributed by atoms with Gasteiger partial charge in [-0.3, -0.25) is 14.7 Å². The fourth-order valence-electron chi connectivity index (χ4n) is 2.26. The summed E-state index contributed by atoms with van der Waals surface area (Å²) in [5.74, 6) is 0.159. The molecule has 19 heavy (non-hydrogen) atoms. The Balaban J connectivity index is 1.75. The number of aromatic nitrogens is 1. The number of hydrogen-bond donors (Lipinski definition) is 1. The average Bonchev–Trinajstić information content (AvgIpc) is 2.46. The van der Waals surface area contributed by atoms with Crippen molar-refractivity contribution in [3.63, 3.8) is 0 Å². The summed E-state index contributed by atoms with van der Waals surface area (Å²) in [7, 11) is 0. The van der Waals surface area contributed by atoms with Crippen molar-refractivity contribution in [2.24, 2.45) is 0 Å². The van der Waals surface area contributed by atoms with E-state index in [1.165, 1.54) is 0 Å². The third kappa shape index (κ3) is 4.29. The molecule has 1 aromatic heterocycles. The second-order valence-electron chi connectivity index (χ2n) is 4.81. The molecule has 104 valence electrons. The highest BCUT2D eigenvalue weighted by Gasteiger charge is 2.20. The SMILES string of the molecule is O=C(CCCO)N1CCN(Cc2ccccn2)CC1. The van der Waals surface area contributed by atoms with Crippen LogP contribution in [0.4, 0.5) is 0 Å². The lowest BCUT2D eigenvalue weighted by Gasteiger charge is -2.34. The molecular formula is C14H21N3O2. The predicted octanol–water partition coefficient (Wildman–Crippen LogP) is 0.498. The highest BCUT2D eigenvalue weighted by atomic mass is 16.3. The van der Waals surface area contributed by atoms with Crippen LogP contribution >= 0.6 is 0 Å². The van der Waals surface area contributed by atoms with Crippen LogP contribution in [-0.4, -0.2) is 58.6 Å². The second-order valence-corrected chi connectivity index (χ2v) is 4.81. The van der Waals surface area contributed by atoms with E-state index in [4.69, 9.17) is 5.11 Å². The Morgan fingerprint density at radius 1 is 1.26 bits per heavy atom. The van der Waals surface area contributed by atoms with Crippen molar-refractivity contribution in [3.8, 4) is 0 Å². The minimum Gasteiger partial charge on any atom is -0.396 e. The van der Waals surface area contributed by atoms with Crippen LogP contribution in [0.25, 0.3) is 0 Å². The van der Waals surface area contributed by atoms with Gasteiger partial charge in [-0.1, -0.05) is 6.07 Å². The number of hydrogen-bond acceptors (Lipinski definition) is 4. The number of rotatable bonds is 5. The molecular weight excluding hydrogens is 242 g/mol. The lowest BCUT2D eigenvalue weighted by molar-refractivity contribution is -0.133. The van der Waals surface area contributed by atoms with Crippen molar-refractivity contribution in [1.29, 1.82) is 0 Å². The number of carbonyl (C=O) groups excluding carboxylic acids is 1. The minimum absolute atomic E-state index is 0.0887. The van der Waals surface area contributed by atoms with Crippen LogP contribution in [0, 0.1) is 0 Å². The van der Waals surface area contributed by atoms with Crippen LogP contribution < -0.4 is 0 Å². The molecule has 1 aromatic rings. The molecule has 1 aliphatic heterocycles. The maximum atomic E-state index is 11.8. The van der Waals surface area contributed by atoms with Gasteiger partial charge < -0.3 is 10.0 Å². The van der Waals surface area contributed by atoms with E-state index in [0.29, 0.717) is 12.8 Å². The van der Waals surface area contributed by atoms with Crippen molar-refractivity contribution >= 4 is 5.91 Å². The second kappa shape index (κ2) is 7.21. The third-order valence-corrected chi connectivity index (χ3v) is 3.39. The summed E-state index contributed by atoms with van der Waals surface area (Å²) in [5.41, 5.74) is 1.07. The number of carbonyl (C=O) groups is 1. The summed E-state index contributed by atoms with van der Waals surface area (Å²) in [6, 6.07) is 5.94. The van der Waals surface area contributed by atoms with Gasteiger partial charge in [0.2, 0.25) is 5.91 Å². The lowest BCUT2D eigenvalue weighted by atomic mass is 10.2. The van der Waals surface area contributed by atoms with Crippen molar-refractivity contribution in [2.45, 2.75) is 19.4 Å². The van der Waals surface area contributed by atoms with Crippen LogP contribution in [0.5, 0.6) is 0 Å². The number of pyridine rings is 1. The fourth-order valence-corrected chi connectivity index (χ4v) is 2.26. The van der Waals surface area contributed by atoms with Gasteiger partial charge in [-0.2, -0.15) is 0 Å². The highest BCUT2D eigenvalue weighted by molar-refractivity contribution is 5.76. The normalized spacial score (nSPS) is 16.6. The van der Waals surface area contributed by atoms with Gasteiger partial charge in [-0.05, 0) is 18.6 Å². The van der Waals surface area contributed by atoms with Gasteiger partial charge in [0.25, 0.3) is 0 Å².